The number of rotatable bonds is 4. The highest BCUT2D eigenvalue weighted by atomic mass is 16.5. The van der Waals surface area contributed by atoms with Gasteiger partial charge in [-0.25, -0.2) is 4.79 Å². The minimum atomic E-state index is -1.06. The van der Waals surface area contributed by atoms with Gasteiger partial charge in [-0.3, -0.25) is 9.48 Å². The number of aliphatic carboxylic acids is 1. The molecule has 1 aromatic carbocycles. The molecule has 1 fully saturated rings. The molecule has 7 nitrogen and oxygen atoms in total. The average molecular weight is 315 g/mol. The van der Waals surface area contributed by atoms with E-state index in [0.29, 0.717) is 18.7 Å². The van der Waals surface area contributed by atoms with Crippen molar-refractivity contribution in [1.82, 2.24) is 14.7 Å². The number of morpholine rings is 1. The lowest BCUT2D eigenvalue weighted by Gasteiger charge is -2.32. The molecule has 1 aromatic heterocycles. The number of hydrogen-bond acceptors (Lipinski definition) is 4. The zero-order valence-corrected chi connectivity index (χ0v) is 12.5. The van der Waals surface area contributed by atoms with Gasteiger partial charge in [-0.15, -0.1) is 0 Å². The molecule has 7 heteroatoms. The van der Waals surface area contributed by atoms with Gasteiger partial charge in [-0.1, -0.05) is 30.3 Å². The lowest BCUT2D eigenvalue weighted by atomic mass is 10.2. The number of nitrogens with zero attached hydrogens (tertiary/aromatic N) is 3. The summed E-state index contributed by atoms with van der Waals surface area (Å²) in [5.41, 5.74) is 1.46. The minimum Gasteiger partial charge on any atom is -0.480 e. The first kappa shape index (κ1) is 15.2. The molecule has 0 unspecified atom stereocenters. The van der Waals surface area contributed by atoms with E-state index in [2.05, 4.69) is 5.10 Å². The Labute approximate surface area is 133 Å². The summed E-state index contributed by atoms with van der Waals surface area (Å²) in [4.78, 5) is 25.1. The van der Waals surface area contributed by atoms with Gasteiger partial charge in [0.2, 0.25) is 0 Å². The third-order valence-corrected chi connectivity index (χ3v) is 3.74. The van der Waals surface area contributed by atoms with E-state index in [1.165, 1.54) is 11.1 Å². The summed E-state index contributed by atoms with van der Waals surface area (Å²) in [5, 5.41) is 13.4. The van der Waals surface area contributed by atoms with Gasteiger partial charge in [0.25, 0.3) is 5.91 Å². The number of ether oxygens (including phenoxy) is 1. The molecular formula is C16H17N3O4. The number of carboxylic acids is 1. The summed E-state index contributed by atoms with van der Waals surface area (Å²) < 4.78 is 6.81. The maximum Gasteiger partial charge on any atom is 0.328 e. The molecule has 3 rings (SSSR count). The van der Waals surface area contributed by atoms with Gasteiger partial charge in [-0.2, -0.15) is 5.10 Å². The predicted octanol–water partition coefficient (Wildman–Crippen LogP) is 0.857. The summed E-state index contributed by atoms with van der Waals surface area (Å²) in [7, 11) is 0. The second kappa shape index (κ2) is 6.62. The van der Waals surface area contributed by atoms with Crippen molar-refractivity contribution in [3.05, 3.63) is 53.9 Å². The van der Waals surface area contributed by atoms with Crippen LogP contribution in [0.25, 0.3) is 0 Å². The van der Waals surface area contributed by atoms with Crippen molar-refractivity contribution >= 4 is 11.9 Å². The molecule has 1 aliphatic heterocycles. The van der Waals surface area contributed by atoms with Crippen molar-refractivity contribution in [2.24, 2.45) is 0 Å². The van der Waals surface area contributed by atoms with Crippen LogP contribution in [0.2, 0.25) is 0 Å². The maximum atomic E-state index is 12.5. The van der Waals surface area contributed by atoms with Gasteiger partial charge in [0.15, 0.2) is 6.04 Å². The van der Waals surface area contributed by atoms with Crippen molar-refractivity contribution in [3.8, 4) is 0 Å². The molecule has 0 radical (unpaired) electrons. The van der Waals surface area contributed by atoms with Crippen LogP contribution in [0.3, 0.4) is 0 Å². The third-order valence-electron chi connectivity index (χ3n) is 3.74. The zero-order valence-electron chi connectivity index (χ0n) is 12.5. The number of carbonyl (C=O) groups excluding carboxylic acids is 1. The lowest BCUT2D eigenvalue weighted by Crippen LogP contribution is -2.52. The molecular weight excluding hydrogens is 298 g/mol. The topological polar surface area (TPSA) is 84.7 Å². The van der Waals surface area contributed by atoms with Gasteiger partial charge in [0.1, 0.15) is 0 Å². The van der Waals surface area contributed by atoms with Crippen molar-refractivity contribution < 1.29 is 19.4 Å². The number of carboxylic acid groups (broad SMARTS) is 1. The van der Waals surface area contributed by atoms with Crippen LogP contribution in [0.1, 0.15) is 15.9 Å². The number of amides is 1. The lowest BCUT2D eigenvalue weighted by molar-refractivity contribution is -0.147. The molecule has 0 aliphatic carbocycles. The number of aromatic nitrogens is 2. The fraction of sp³-hybridized carbons (Fsp3) is 0.312. The SMILES string of the molecule is O=C(O)[C@H]1COCCN1C(=O)c1cnn(Cc2ccccc2)c1. The number of benzene rings is 1. The minimum absolute atomic E-state index is 0.0131. The van der Waals surface area contributed by atoms with Crippen LogP contribution in [0, 0.1) is 0 Å². The monoisotopic (exact) mass is 315 g/mol. The Bertz CT molecular complexity index is 698. The molecule has 0 spiro atoms. The molecule has 0 bridgehead atoms. The zero-order chi connectivity index (χ0) is 16.2. The fourth-order valence-electron chi connectivity index (χ4n) is 2.55. The molecule has 2 heterocycles. The van der Waals surface area contributed by atoms with Crippen molar-refractivity contribution in [1.29, 1.82) is 0 Å². The molecule has 1 aliphatic rings. The summed E-state index contributed by atoms with van der Waals surface area (Å²) in [6, 6.07) is 8.82. The molecule has 1 N–H and O–H groups in total. The summed E-state index contributed by atoms with van der Waals surface area (Å²) in [6.45, 7) is 1.17. The predicted molar refractivity (Wildman–Crippen MR) is 81.1 cm³/mol. The van der Waals surface area contributed by atoms with Crippen LogP contribution in [-0.4, -0.2) is 57.5 Å². The molecule has 1 saturated heterocycles. The highest BCUT2D eigenvalue weighted by molar-refractivity contribution is 5.96. The van der Waals surface area contributed by atoms with Gasteiger partial charge >= 0.3 is 5.97 Å². The van der Waals surface area contributed by atoms with Gasteiger partial charge < -0.3 is 14.7 Å². The highest BCUT2D eigenvalue weighted by Crippen LogP contribution is 2.13. The Hall–Kier alpha value is -2.67. The van der Waals surface area contributed by atoms with Crippen molar-refractivity contribution in [3.63, 3.8) is 0 Å². The fourth-order valence-corrected chi connectivity index (χ4v) is 2.55. The van der Waals surface area contributed by atoms with Crippen LogP contribution in [0.4, 0.5) is 0 Å². The third kappa shape index (κ3) is 3.40. The van der Waals surface area contributed by atoms with Gasteiger partial charge in [-0.05, 0) is 5.56 Å². The average Bonchev–Trinajstić information content (AvgIpc) is 3.03. The highest BCUT2D eigenvalue weighted by Gasteiger charge is 2.33. The molecule has 23 heavy (non-hydrogen) atoms. The van der Waals surface area contributed by atoms with Crippen molar-refractivity contribution in [2.75, 3.05) is 19.8 Å². The standard InChI is InChI=1S/C16H17N3O4/c20-15(19-6-7-23-11-14(19)16(21)22)13-8-17-18(10-13)9-12-4-2-1-3-5-12/h1-5,8,10,14H,6-7,9,11H2,(H,21,22)/t14-/m1/s1. The van der Waals surface area contributed by atoms with Crippen LogP contribution in [-0.2, 0) is 16.1 Å². The van der Waals surface area contributed by atoms with Gasteiger partial charge in [0, 0.05) is 12.7 Å². The van der Waals surface area contributed by atoms with Crippen LogP contribution >= 0.6 is 0 Å². The van der Waals surface area contributed by atoms with E-state index >= 15 is 0 Å². The van der Waals surface area contributed by atoms with Crippen LogP contribution < -0.4 is 0 Å². The van der Waals surface area contributed by atoms with Gasteiger partial charge in [0.05, 0.1) is 31.5 Å². The Morgan fingerprint density at radius 3 is 2.83 bits per heavy atom. The number of carbonyl (C=O) groups is 2. The van der Waals surface area contributed by atoms with Crippen molar-refractivity contribution in [2.45, 2.75) is 12.6 Å². The van der Waals surface area contributed by atoms with E-state index in [0.717, 1.165) is 5.56 Å². The first-order valence-electron chi connectivity index (χ1n) is 7.33. The quantitative estimate of drug-likeness (QED) is 0.904. The van der Waals surface area contributed by atoms with E-state index < -0.39 is 12.0 Å². The molecule has 0 saturated carbocycles. The van der Waals surface area contributed by atoms with Crippen LogP contribution in [0.15, 0.2) is 42.7 Å². The first-order valence-corrected chi connectivity index (χ1v) is 7.33. The molecule has 1 amide bonds. The summed E-state index contributed by atoms with van der Waals surface area (Å²) in [5.74, 6) is -1.39. The van der Waals surface area contributed by atoms with E-state index in [-0.39, 0.29) is 19.1 Å². The Kier molecular flexibility index (Phi) is 4.38. The second-order valence-electron chi connectivity index (χ2n) is 5.34. The molecule has 120 valence electrons. The molecule has 2 aromatic rings. The Morgan fingerprint density at radius 2 is 2.09 bits per heavy atom. The Morgan fingerprint density at radius 1 is 1.30 bits per heavy atom. The first-order chi connectivity index (χ1) is 11.1. The van der Waals surface area contributed by atoms with E-state index in [9.17, 15) is 14.7 Å². The number of hydrogen-bond donors (Lipinski definition) is 1. The van der Waals surface area contributed by atoms with Crippen LogP contribution in [0.5, 0.6) is 0 Å². The van der Waals surface area contributed by atoms with E-state index in [4.69, 9.17) is 4.74 Å². The normalized spacial score (nSPS) is 17.9. The largest absolute Gasteiger partial charge is 0.480 e. The second-order valence-corrected chi connectivity index (χ2v) is 5.34. The van der Waals surface area contributed by atoms with E-state index in [1.54, 1.807) is 10.9 Å². The molecule has 1 atom stereocenters. The summed E-state index contributed by atoms with van der Waals surface area (Å²) in [6.07, 6.45) is 3.11. The Balaban J connectivity index is 1.74. The summed E-state index contributed by atoms with van der Waals surface area (Å²) >= 11 is 0. The smallest absolute Gasteiger partial charge is 0.328 e. The van der Waals surface area contributed by atoms with E-state index in [1.807, 2.05) is 30.3 Å². The maximum absolute atomic E-state index is 12.5.